The number of hydrogen-bond donors (Lipinski definition) is 0. The molecular weight excluding hydrogens is 392 g/mol. The third kappa shape index (κ3) is 2.99. The Hall–Kier alpha value is -2.12. The molecule has 0 saturated heterocycles. The first kappa shape index (κ1) is 18.3. The van der Waals surface area contributed by atoms with E-state index in [2.05, 4.69) is 111 Å². The fourth-order valence-electron chi connectivity index (χ4n) is 4.14. The summed E-state index contributed by atoms with van der Waals surface area (Å²) in [5.74, 6) is 0. The molecule has 0 radical (unpaired) electrons. The summed E-state index contributed by atoms with van der Waals surface area (Å²) in [6.07, 6.45) is 0. The van der Waals surface area contributed by atoms with Crippen LogP contribution < -0.4 is 0 Å². The minimum Gasteiger partial charge on any atom is -0.0616 e. The number of fused-ring (bicyclic) bond motifs is 2. The van der Waals surface area contributed by atoms with Gasteiger partial charge in [0.15, 0.2) is 0 Å². The Labute approximate surface area is 170 Å². The molecular formula is C26H25Br. The van der Waals surface area contributed by atoms with Gasteiger partial charge in [-0.3, -0.25) is 0 Å². The van der Waals surface area contributed by atoms with Gasteiger partial charge < -0.3 is 0 Å². The molecule has 0 nitrogen and oxygen atoms in total. The average molecular weight is 417 g/mol. The summed E-state index contributed by atoms with van der Waals surface area (Å²) in [5.41, 5.74) is 6.95. The molecule has 0 spiro atoms. The van der Waals surface area contributed by atoms with Crippen molar-refractivity contribution >= 4 is 37.5 Å². The van der Waals surface area contributed by atoms with Crippen LogP contribution >= 0.6 is 15.9 Å². The molecule has 0 aliphatic carbocycles. The van der Waals surface area contributed by atoms with E-state index < -0.39 is 0 Å². The molecule has 1 heteroatoms. The zero-order valence-corrected chi connectivity index (χ0v) is 18.2. The zero-order valence-electron chi connectivity index (χ0n) is 16.7. The van der Waals surface area contributed by atoms with E-state index >= 15 is 0 Å². The Bertz CT molecular complexity index is 1100. The van der Waals surface area contributed by atoms with Crippen molar-refractivity contribution in [2.45, 2.75) is 40.0 Å². The van der Waals surface area contributed by atoms with E-state index in [4.69, 9.17) is 0 Å². The van der Waals surface area contributed by atoms with Crippen molar-refractivity contribution in [3.8, 4) is 11.1 Å². The van der Waals surface area contributed by atoms with E-state index in [1.165, 1.54) is 53.8 Å². The molecule has 0 aromatic heterocycles. The third-order valence-corrected chi connectivity index (χ3v) is 6.37. The smallest absolute Gasteiger partial charge is 0.0332 e. The number of rotatable bonds is 1. The van der Waals surface area contributed by atoms with Crippen LogP contribution in [0, 0.1) is 13.8 Å². The fraction of sp³-hybridized carbons (Fsp3) is 0.231. The molecule has 0 amide bonds. The Kier molecular flexibility index (Phi) is 4.39. The van der Waals surface area contributed by atoms with Gasteiger partial charge in [-0.05, 0) is 84.6 Å². The molecule has 4 rings (SSSR count). The molecule has 0 aliphatic heterocycles. The molecule has 27 heavy (non-hydrogen) atoms. The van der Waals surface area contributed by atoms with Crippen molar-refractivity contribution in [3.05, 3.63) is 81.8 Å². The van der Waals surface area contributed by atoms with Crippen LogP contribution in [0.4, 0.5) is 0 Å². The van der Waals surface area contributed by atoms with Gasteiger partial charge >= 0.3 is 0 Å². The molecule has 4 aromatic rings. The Morgan fingerprint density at radius 2 is 1.04 bits per heavy atom. The summed E-state index contributed by atoms with van der Waals surface area (Å²) < 4.78 is 1.18. The Morgan fingerprint density at radius 1 is 0.630 bits per heavy atom. The maximum atomic E-state index is 3.86. The van der Waals surface area contributed by atoms with Crippen LogP contribution in [-0.4, -0.2) is 0 Å². The molecule has 0 N–H and O–H groups in total. The zero-order chi connectivity index (χ0) is 19.3. The summed E-state index contributed by atoms with van der Waals surface area (Å²) in [5, 5.41) is 5.14. The minimum absolute atomic E-state index is 0.151. The highest BCUT2D eigenvalue weighted by atomic mass is 79.9. The van der Waals surface area contributed by atoms with Crippen molar-refractivity contribution in [3.63, 3.8) is 0 Å². The van der Waals surface area contributed by atoms with E-state index in [0.717, 1.165) is 0 Å². The minimum atomic E-state index is 0.151. The van der Waals surface area contributed by atoms with E-state index in [9.17, 15) is 0 Å². The molecule has 0 unspecified atom stereocenters. The molecule has 4 aromatic carbocycles. The Morgan fingerprint density at radius 3 is 1.44 bits per heavy atom. The third-order valence-electron chi connectivity index (χ3n) is 5.51. The van der Waals surface area contributed by atoms with Gasteiger partial charge in [0, 0.05) is 4.47 Å². The van der Waals surface area contributed by atoms with Crippen molar-refractivity contribution in [1.82, 2.24) is 0 Å². The second-order valence-corrected chi connectivity index (χ2v) is 9.31. The predicted octanol–water partition coefficient (Wildman–Crippen LogP) is 8.34. The summed E-state index contributed by atoms with van der Waals surface area (Å²) in [7, 11) is 0. The van der Waals surface area contributed by atoms with Crippen LogP contribution in [-0.2, 0) is 5.41 Å². The summed E-state index contributed by atoms with van der Waals surface area (Å²) in [4.78, 5) is 0. The standard InChI is InChI=1S/C26H25Br/c1-16-14-18(26(3,4)5)15-17(2)23(16)24-19-10-6-8-12-21(19)25(27)22-13-9-7-11-20(22)24/h6-15H,1-5H3. The molecule has 0 atom stereocenters. The highest BCUT2D eigenvalue weighted by Gasteiger charge is 2.20. The lowest BCUT2D eigenvalue weighted by atomic mass is 9.81. The normalized spacial score (nSPS) is 12.1. The molecule has 0 heterocycles. The summed E-state index contributed by atoms with van der Waals surface area (Å²) >= 11 is 3.86. The second kappa shape index (κ2) is 6.49. The van der Waals surface area contributed by atoms with Crippen LogP contribution in [0.5, 0.6) is 0 Å². The lowest BCUT2D eigenvalue weighted by Gasteiger charge is -2.24. The molecule has 0 fully saturated rings. The largest absolute Gasteiger partial charge is 0.0616 e. The maximum absolute atomic E-state index is 3.86. The first-order valence-corrected chi connectivity index (χ1v) is 10.3. The van der Waals surface area contributed by atoms with Gasteiger partial charge in [-0.25, -0.2) is 0 Å². The number of halogens is 1. The van der Waals surface area contributed by atoms with E-state index in [0.29, 0.717) is 0 Å². The number of benzene rings is 4. The van der Waals surface area contributed by atoms with E-state index in [1.807, 2.05) is 0 Å². The highest BCUT2D eigenvalue weighted by molar-refractivity contribution is 9.10. The first-order chi connectivity index (χ1) is 12.8. The van der Waals surface area contributed by atoms with Crippen LogP contribution in [0.3, 0.4) is 0 Å². The molecule has 136 valence electrons. The molecule has 0 aliphatic rings. The highest BCUT2D eigenvalue weighted by Crippen LogP contribution is 2.44. The van der Waals surface area contributed by atoms with Gasteiger partial charge in [0.05, 0.1) is 0 Å². The van der Waals surface area contributed by atoms with Crippen molar-refractivity contribution in [2.24, 2.45) is 0 Å². The summed E-state index contributed by atoms with van der Waals surface area (Å²) in [6, 6.07) is 22.2. The van der Waals surface area contributed by atoms with E-state index in [1.54, 1.807) is 0 Å². The number of aryl methyl sites for hydroxylation is 2. The monoisotopic (exact) mass is 416 g/mol. The predicted molar refractivity (Wildman–Crippen MR) is 123 cm³/mol. The fourth-order valence-corrected chi connectivity index (χ4v) is 4.83. The summed E-state index contributed by atoms with van der Waals surface area (Å²) in [6.45, 7) is 11.4. The van der Waals surface area contributed by atoms with Crippen LogP contribution in [0.25, 0.3) is 32.7 Å². The SMILES string of the molecule is Cc1cc(C(C)(C)C)cc(C)c1-c1c2ccccc2c(Br)c2ccccc12. The Balaban J connectivity index is 2.18. The maximum Gasteiger partial charge on any atom is 0.0332 e. The van der Waals surface area contributed by atoms with Crippen LogP contribution in [0.1, 0.15) is 37.5 Å². The quantitative estimate of drug-likeness (QED) is 0.273. The molecule has 0 saturated carbocycles. The van der Waals surface area contributed by atoms with Crippen molar-refractivity contribution < 1.29 is 0 Å². The second-order valence-electron chi connectivity index (χ2n) is 8.52. The van der Waals surface area contributed by atoms with Gasteiger partial charge in [0.1, 0.15) is 0 Å². The van der Waals surface area contributed by atoms with Gasteiger partial charge in [-0.2, -0.15) is 0 Å². The topological polar surface area (TPSA) is 0 Å². The van der Waals surface area contributed by atoms with Crippen LogP contribution in [0.2, 0.25) is 0 Å². The van der Waals surface area contributed by atoms with E-state index in [-0.39, 0.29) is 5.41 Å². The van der Waals surface area contributed by atoms with Crippen molar-refractivity contribution in [2.75, 3.05) is 0 Å². The van der Waals surface area contributed by atoms with Gasteiger partial charge in [0.25, 0.3) is 0 Å². The van der Waals surface area contributed by atoms with Crippen molar-refractivity contribution in [1.29, 1.82) is 0 Å². The molecule has 0 bridgehead atoms. The van der Waals surface area contributed by atoms with Gasteiger partial charge in [-0.15, -0.1) is 0 Å². The first-order valence-electron chi connectivity index (χ1n) is 9.50. The number of hydrogen-bond acceptors (Lipinski definition) is 0. The lowest BCUT2D eigenvalue weighted by Crippen LogP contribution is -2.12. The average Bonchev–Trinajstić information content (AvgIpc) is 2.63. The van der Waals surface area contributed by atoms with Crippen LogP contribution in [0.15, 0.2) is 65.1 Å². The lowest BCUT2D eigenvalue weighted by molar-refractivity contribution is 0.589. The van der Waals surface area contributed by atoms with Gasteiger partial charge in [0.2, 0.25) is 0 Å². The van der Waals surface area contributed by atoms with Gasteiger partial charge in [-0.1, -0.05) is 81.4 Å².